The molecule has 0 bridgehead atoms. The fraction of sp³-hybridized carbons (Fsp3) is 0.378. The van der Waals surface area contributed by atoms with Crippen LogP contribution in [0.25, 0.3) is 11.1 Å². The van der Waals surface area contributed by atoms with Crippen molar-refractivity contribution >= 4 is 84.1 Å². The summed E-state index contributed by atoms with van der Waals surface area (Å²) >= 11 is 19.6. The second-order valence-electron chi connectivity index (χ2n) is 14.7. The van der Waals surface area contributed by atoms with E-state index in [0.29, 0.717) is 58.7 Å². The maximum atomic E-state index is 12.1. The highest BCUT2D eigenvalue weighted by molar-refractivity contribution is 9.10. The van der Waals surface area contributed by atoms with Crippen LogP contribution in [0.3, 0.4) is 0 Å². The van der Waals surface area contributed by atoms with Crippen LogP contribution in [-0.4, -0.2) is 76.3 Å². The first-order chi connectivity index (χ1) is 28.4. The minimum absolute atomic E-state index is 0. The number of nitro benzene ring substituents is 1. The second kappa shape index (κ2) is 20.0. The van der Waals surface area contributed by atoms with Crippen molar-refractivity contribution in [2.75, 3.05) is 39.4 Å². The van der Waals surface area contributed by atoms with Crippen molar-refractivity contribution in [3.63, 3.8) is 0 Å². The van der Waals surface area contributed by atoms with Crippen molar-refractivity contribution in [3.8, 4) is 0 Å². The van der Waals surface area contributed by atoms with Gasteiger partial charge in [0.05, 0.1) is 29.5 Å². The fourth-order valence-electron chi connectivity index (χ4n) is 8.35. The molecule has 0 saturated carbocycles. The molecule has 2 amide bonds. The van der Waals surface area contributed by atoms with E-state index in [2.05, 4.69) is 56.1 Å². The normalized spacial score (nSPS) is 15.8. The lowest BCUT2D eigenvalue weighted by molar-refractivity contribution is -0.384. The summed E-state index contributed by atoms with van der Waals surface area (Å²) in [5.41, 5.74) is 13.0. The van der Waals surface area contributed by atoms with Gasteiger partial charge in [0.1, 0.15) is 5.02 Å². The van der Waals surface area contributed by atoms with Crippen LogP contribution < -0.4 is 0 Å². The molecule has 8 rings (SSSR count). The smallest absolute Gasteiger partial charge is 0.409 e. The lowest BCUT2D eigenvalue weighted by Gasteiger charge is -2.29. The Kier molecular flexibility index (Phi) is 15.1. The molecule has 0 atom stereocenters. The van der Waals surface area contributed by atoms with Crippen LogP contribution in [0.15, 0.2) is 74.9 Å². The number of pyridine rings is 2. The predicted octanol–water partition coefficient (Wildman–Crippen LogP) is 11.8. The molecule has 60 heavy (non-hydrogen) atoms. The van der Waals surface area contributed by atoms with E-state index in [1.54, 1.807) is 35.1 Å². The van der Waals surface area contributed by atoms with Crippen LogP contribution in [0.5, 0.6) is 0 Å². The number of nitro groups is 1. The molecule has 0 radical (unpaired) electrons. The van der Waals surface area contributed by atoms with E-state index in [-0.39, 0.29) is 30.3 Å². The van der Waals surface area contributed by atoms with E-state index >= 15 is 0 Å². The van der Waals surface area contributed by atoms with Crippen LogP contribution in [-0.2, 0) is 35.2 Å². The maximum Gasteiger partial charge on any atom is 0.409 e. The molecule has 316 valence electrons. The molecule has 2 aliphatic heterocycles. The molecular weight excluding hydrogens is 937 g/mol. The number of nitrogens with zero attached hydrogens (tertiary/aromatic N) is 5. The number of halogens is 4. The number of hydrogen-bond acceptors (Lipinski definition) is 8. The molecule has 4 heterocycles. The first kappa shape index (κ1) is 45.2. The van der Waals surface area contributed by atoms with Crippen LogP contribution in [0.1, 0.15) is 91.7 Å². The van der Waals surface area contributed by atoms with Crippen LogP contribution in [0.4, 0.5) is 15.3 Å². The van der Waals surface area contributed by atoms with Gasteiger partial charge >= 0.3 is 12.2 Å². The highest BCUT2D eigenvalue weighted by Gasteiger charge is 2.30. The number of aryl methyl sites for hydroxylation is 4. The molecule has 2 aromatic carbocycles. The van der Waals surface area contributed by atoms with Crippen molar-refractivity contribution < 1.29 is 24.0 Å². The third-order valence-corrected chi connectivity index (χ3v) is 12.5. The standard InChI is InChI=1S/C22H21BrClN3O4.C22H22BrClN2O2.CH4/c1-2-31-22(28)26-7-5-13(6-8-26)20-17-11-19(27(29)30)18(24)10-14(17)3-4-15-9-16(23)12-25-21(15)20;1-2-28-22(27)26-9-7-14(8-10-26)20-19-6-5-18(24)12-15(19)3-4-16-11-17(23)13-25-21(16)20;/h9-12H,2-8H2,1H3;5-6,11-13H,2-4,7-10H2,1H3;1H4. The lowest BCUT2D eigenvalue weighted by atomic mass is 9.88. The molecule has 0 N–H and O–H groups in total. The zero-order chi connectivity index (χ0) is 41.8. The van der Waals surface area contributed by atoms with E-state index < -0.39 is 4.92 Å². The van der Waals surface area contributed by atoms with Gasteiger partial charge < -0.3 is 19.3 Å². The summed E-state index contributed by atoms with van der Waals surface area (Å²) in [5, 5.41) is 12.5. The molecule has 2 fully saturated rings. The molecule has 11 nitrogen and oxygen atoms in total. The van der Waals surface area contributed by atoms with Gasteiger partial charge in [-0.05, 0) is 161 Å². The van der Waals surface area contributed by atoms with E-state index in [4.69, 9.17) is 42.6 Å². The Bertz CT molecular complexity index is 2310. The summed E-state index contributed by atoms with van der Waals surface area (Å²) < 4.78 is 12.2. The lowest BCUT2D eigenvalue weighted by Crippen LogP contribution is -2.37. The zero-order valence-electron chi connectivity index (χ0n) is 32.8. The van der Waals surface area contributed by atoms with Gasteiger partial charge in [0.2, 0.25) is 0 Å². The van der Waals surface area contributed by atoms with E-state index in [9.17, 15) is 19.7 Å². The monoisotopic (exact) mass is 981 g/mol. The van der Waals surface area contributed by atoms with Crippen molar-refractivity contribution in [1.29, 1.82) is 0 Å². The molecule has 2 aromatic heterocycles. The summed E-state index contributed by atoms with van der Waals surface area (Å²) in [7, 11) is 0. The van der Waals surface area contributed by atoms with Gasteiger partial charge in [-0.1, -0.05) is 47.8 Å². The number of likely N-dealkylation sites (tertiary alicyclic amines) is 2. The maximum absolute atomic E-state index is 12.1. The molecule has 15 heteroatoms. The predicted molar refractivity (Wildman–Crippen MR) is 243 cm³/mol. The highest BCUT2D eigenvalue weighted by Crippen LogP contribution is 2.42. The third-order valence-electron chi connectivity index (χ3n) is 11.1. The molecular formula is C45H47Br2Cl2N5O6. The first-order valence-electron chi connectivity index (χ1n) is 19.8. The van der Waals surface area contributed by atoms with Crippen molar-refractivity contribution in [1.82, 2.24) is 19.8 Å². The van der Waals surface area contributed by atoms with Crippen LogP contribution >= 0.6 is 55.1 Å². The van der Waals surface area contributed by atoms with Crippen molar-refractivity contribution in [2.24, 2.45) is 0 Å². The SMILES string of the molecule is C.CCOC(=O)N1CCC(=C2c3cc([N+](=O)[O-])c(Cl)cc3CCc3cc(Br)cnc32)CC1.CCOC(=O)N1CCC(=C2c3ccc(Cl)cc3CCc3cc(Br)cnc32)CC1. The summed E-state index contributed by atoms with van der Waals surface area (Å²) in [5.74, 6) is 0. The number of benzene rings is 2. The molecule has 2 aliphatic carbocycles. The molecule has 4 aliphatic rings. The number of rotatable bonds is 3. The third kappa shape index (κ3) is 9.91. The topological polar surface area (TPSA) is 128 Å². The van der Waals surface area contributed by atoms with E-state index in [1.165, 1.54) is 27.8 Å². The number of carbonyl (C=O) groups excluding carboxylic acids is 2. The second-order valence-corrected chi connectivity index (χ2v) is 17.3. The van der Waals surface area contributed by atoms with Gasteiger partial charge in [0, 0.05) is 69.8 Å². The van der Waals surface area contributed by atoms with Crippen molar-refractivity contribution in [2.45, 2.75) is 72.6 Å². The average Bonchev–Trinajstić information content (AvgIpc) is 3.48. The number of piperidine rings is 2. The Morgan fingerprint density at radius 2 is 1.13 bits per heavy atom. The molecule has 0 spiro atoms. The zero-order valence-corrected chi connectivity index (χ0v) is 37.5. The Balaban J connectivity index is 0.000000199. The minimum Gasteiger partial charge on any atom is -0.450 e. The van der Waals surface area contributed by atoms with E-state index in [1.807, 2.05) is 19.2 Å². The number of amides is 2. The van der Waals surface area contributed by atoms with Gasteiger partial charge in [0.15, 0.2) is 0 Å². The number of hydrogen-bond donors (Lipinski definition) is 0. The Hall–Kier alpha value is -4.30. The van der Waals surface area contributed by atoms with Gasteiger partial charge in [-0.15, -0.1) is 0 Å². The molecule has 2 saturated heterocycles. The largest absolute Gasteiger partial charge is 0.450 e. The fourth-order valence-corrected chi connectivity index (χ4v) is 9.55. The summed E-state index contributed by atoms with van der Waals surface area (Å²) in [6.45, 7) is 6.79. The van der Waals surface area contributed by atoms with Crippen molar-refractivity contribution in [3.05, 3.63) is 140 Å². The van der Waals surface area contributed by atoms with Gasteiger partial charge in [0.25, 0.3) is 5.69 Å². The Morgan fingerprint density at radius 3 is 1.60 bits per heavy atom. The number of ether oxygens (including phenoxy) is 2. The number of fused-ring (bicyclic) bond motifs is 4. The quantitative estimate of drug-likeness (QED) is 0.147. The minimum atomic E-state index is -0.449. The van der Waals surface area contributed by atoms with E-state index in [0.717, 1.165) is 85.3 Å². The van der Waals surface area contributed by atoms with Gasteiger partial charge in [-0.25, -0.2) is 9.59 Å². The summed E-state index contributed by atoms with van der Waals surface area (Å²) in [6, 6.07) is 13.7. The summed E-state index contributed by atoms with van der Waals surface area (Å²) in [4.78, 5) is 48.3. The number of carbonyl (C=O) groups is 2. The molecule has 4 aromatic rings. The van der Waals surface area contributed by atoms with Crippen LogP contribution in [0.2, 0.25) is 10.0 Å². The molecule has 0 unspecified atom stereocenters. The average molecular weight is 985 g/mol. The first-order valence-corrected chi connectivity index (χ1v) is 22.1. The van der Waals surface area contributed by atoms with Gasteiger partial charge in [-0.3, -0.25) is 20.1 Å². The Morgan fingerprint density at radius 1 is 0.683 bits per heavy atom. The number of aromatic nitrogens is 2. The Labute approximate surface area is 377 Å². The van der Waals surface area contributed by atoms with Gasteiger partial charge in [-0.2, -0.15) is 0 Å². The van der Waals surface area contributed by atoms with Crippen LogP contribution in [0, 0.1) is 10.1 Å². The highest BCUT2D eigenvalue weighted by atomic mass is 79.9. The summed E-state index contributed by atoms with van der Waals surface area (Å²) in [6.07, 6.45) is 9.39.